The number of nitrogen functional groups attached to an aromatic ring is 1. The number of ketones is 1. The predicted octanol–water partition coefficient (Wildman–Crippen LogP) is 1.07. The molecule has 1 aromatic heterocycles. The molecule has 0 aliphatic carbocycles. The number of rotatable bonds is 4. The molecule has 0 unspecified atom stereocenters. The van der Waals surface area contributed by atoms with Gasteiger partial charge >= 0.3 is 0 Å². The average Bonchev–Trinajstić information content (AvgIpc) is 2.46. The van der Waals surface area contributed by atoms with E-state index in [1.165, 1.54) is 23.0 Å². The average molecular weight is 284 g/mol. The van der Waals surface area contributed by atoms with Gasteiger partial charge in [-0.3, -0.25) is 9.59 Å². The van der Waals surface area contributed by atoms with Crippen molar-refractivity contribution in [2.75, 3.05) is 19.8 Å². The fourth-order valence-electron chi connectivity index (χ4n) is 1.64. The van der Waals surface area contributed by atoms with E-state index in [4.69, 9.17) is 5.73 Å². The summed E-state index contributed by atoms with van der Waals surface area (Å²) in [5.74, 6) is -0.432. The highest BCUT2D eigenvalue weighted by molar-refractivity contribution is 6.02. The molecule has 1 aromatic carbocycles. The van der Waals surface area contributed by atoms with Gasteiger partial charge in [-0.25, -0.2) is 4.68 Å². The normalized spacial score (nSPS) is 10.8. The molecular weight excluding hydrogens is 268 g/mol. The first-order chi connectivity index (χ1) is 9.97. The number of aromatic nitrogens is 2. The van der Waals surface area contributed by atoms with Gasteiger partial charge in [0.15, 0.2) is 5.69 Å². The van der Waals surface area contributed by atoms with Gasteiger partial charge in [0.25, 0.3) is 0 Å². The van der Waals surface area contributed by atoms with Crippen LogP contribution in [-0.4, -0.2) is 34.6 Å². The van der Waals surface area contributed by atoms with Crippen LogP contribution in [0, 0.1) is 0 Å². The van der Waals surface area contributed by atoms with E-state index in [0.717, 1.165) is 5.69 Å². The highest BCUT2D eigenvalue weighted by atomic mass is 16.1. The van der Waals surface area contributed by atoms with Crippen LogP contribution < -0.4 is 11.2 Å². The SMILES string of the molecule is CN(C)/C=C/C(=O)c1nn(-c2ccc(N)cc2)ccc1=O. The summed E-state index contributed by atoms with van der Waals surface area (Å²) in [6, 6.07) is 8.29. The minimum absolute atomic E-state index is 0.118. The molecule has 1 heterocycles. The van der Waals surface area contributed by atoms with Gasteiger partial charge in [0, 0.05) is 44.3 Å². The Morgan fingerprint density at radius 2 is 1.90 bits per heavy atom. The van der Waals surface area contributed by atoms with E-state index in [2.05, 4.69) is 5.10 Å². The Balaban J connectivity index is 2.40. The fraction of sp³-hybridized carbons (Fsp3) is 0.133. The van der Waals surface area contributed by atoms with Gasteiger partial charge in [-0.2, -0.15) is 5.10 Å². The Labute approximate surface area is 122 Å². The maximum Gasteiger partial charge on any atom is 0.211 e. The first-order valence-corrected chi connectivity index (χ1v) is 6.32. The molecule has 0 bridgehead atoms. The number of anilines is 1. The number of nitrogens with zero attached hydrogens (tertiary/aromatic N) is 3. The van der Waals surface area contributed by atoms with Crippen molar-refractivity contribution in [3.63, 3.8) is 0 Å². The lowest BCUT2D eigenvalue weighted by Gasteiger charge is -2.07. The van der Waals surface area contributed by atoms with E-state index in [-0.39, 0.29) is 5.69 Å². The Hall–Kier alpha value is -2.89. The molecule has 0 spiro atoms. The molecule has 0 amide bonds. The molecule has 2 N–H and O–H groups in total. The number of nitrogens with two attached hydrogens (primary N) is 1. The highest BCUT2D eigenvalue weighted by Crippen LogP contribution is 2.09. The van der Waals surface area contributed by atoms with Gasteiger partial charge < -0.3 is 10.6 Å². The number of benzene rings is 1. The monoisotopic (exact) mass is 284 g/mol. The molecular formula is C15H16N4O2. The topological polar surface area (TPSA) is 81.2 Å². The van der Waals surface area contributed by atoms with Crippen molar-refractivity contribution in [3.05, 3.63) is 64.7 Å². The van der Waals surface area contributed by atoms with Crippen LogP contribution in [0.15, 0.2) is 53.6 Å². The summed E-state index contributed by atoms with van der Waals surface area (Å²) >= 11 is 0. The summed E-state index contributed by atoms with van der Waals surface area (Å²) in [6.45, 7) is 0. The van der Waals surface area contributed by atoms with Crippen molar-refractivity contribution < 1.29 is 4.79 Å². The summed E-state index contributed by atoms with van der Waals surface area (Å²) in [6.07, 6.45) is 4.40. The maximum atomic E-state index is 12.0. The zero-order valence-electron chi connectivity index (χ0n) is 11.9. The third kappa shape index (κ3) is 3.56. The number of hydrogen-bond donors (Lipinski definition) is 1. The van der Waals surface area contributed by atoms with Crippen LogP contribution in [-0.2, 0) is 0 Å². The lowest BCUT2D eigenvalue weighted by atomic mass is 10.2. The quantitative estimate of drug-likeness (QED) is 0.516. The Morgan fingerprint density at radius 3 is 2.52 bits per heavy atom. The summed E-state index contributed by atoms with van der Waals surface area (Å²) in [7, 11) is 3.57. The van der Waals surface area contributed by atoms with E-state index < -0.39 is 11.2 Å². The smallest absolute Gasteiger partial charge is 0.211 e. The van der Waals surface area contributed by atoms with Crippen molar-refractivity contribution in [2.45, 2.75) is 0 Å². The molecule has 0 aliphatic rings. The van der Waals surface area contributed by atoms with Crippen molar-refractivity contribution >= 4 is 11.5 Å². The molecule has 21 heavy (non-hydrogen) atoms. The van der Waals surface area contributed by atoms with Crippen molar-refractivity contribution in [1.29, 1.82) is 0 Å². The van der Waals surface area contributed by atoms with Crippen LogP contribution in [0.5, 0.6) is 0 Å². The summed E-state index contributed by atoms with van der Waals surface area (Å²) in [5.41, 5.74) is 6.45. The van der Waals surface area contributed by atoms with Gasteiger partial charge in [0.1, 0.15) is 0 Å². The number of carbonyl (C=O) groups excluding carboxylic acids is 1. The van der Waals surface area contributed by atoms with Gasteiger partial charge in [-0.15, -0.1) is 0 Å². The van der Waals surface area contributed by atoms with Gasteiger partial charge in [-0.1, -0.05) is 0 Å². The first kappa shape index (κ1) is 14.5. The zero-order chi connectivity index (χ0) is 15.4. The molecule has 0 aliphatic heterocycles. The number of carbonyl (C=O) groups is 1. The lowest BCUT2D eigenvalue weighted by Crippen LogP contribution is -2.20. The standard InChI is InChI=1S/C15H16N4O2/c1-18(2)9-7-13(20)15-14(21)8-10-19(17-15)12-5-3-11(16)4-6-12/h3-10H,16H2,1-2H3/b9-7+. The van der Waals surface area contributed by atoms with Crippen LogP contribution in [0.2, 0.25) is 0 Å². The third-order valence-corrected chi connectivity index (χ3v) is 2.72. The van der Waals surface area contributed by atoms with E-state index in [9.17, 15) is 9.59 Å². The molecule has 6 heteroatoms. The van der Waals surface area contributed by atoms with Crippen molar-refractivity contribution in [2.24, 2.45) is 0 Å². The molecule has 2 aromatic rings. The van der Waals surface area contributed by atoms with Gasteiger partial charge in [-0.05, 0) is 24.3 Å². The maximum absolute atomic E-state index is 12.0. The molecule has 6 nitrogen and oxygen atoms in total. The highest BCUT2D eigenvalue weighted by Gasteiger charge is 2.10. The van der Waals surface area contributed by atoms with Crippen LogP contribution in [0.3, 0.4) is 0 Å². The Bertz CT molecular complexity index is 730. The number of allylic oxidation sites excluding steroid dienone is 1. The van der Waals surface area contributed by atoms with Crippen LogP contribution in [0.25, 0.3) is 5.69 Å². The van der Waals surface area contributed by atoms with E-state index in [0.29, 0.717) is 5.69 Å². The second kappa shape index (κ2) is 6.04. The van der Waals surface area contributed by atoms with Crippen LogP contribution >= 0.6 is 0 Å². The minimum Gasteiger partial charge on any atom is -0.399 e. The zero-order valence-corrected chi connectivity index (χ0v) is 11.9. The largest absolute Gasteiger partial charge is 0.399 e. The Kier molecular flexibility index (Phi) is 4.18. The molecule has 0 saturated carbocycles. The fourth-order valence-corrected chi connectivity index (χ4v) is 1.64. The number of hydrogen-bond acceptors (Lipinski definition) is 5. The van der Waals surface area contributed by atoms with Crippen LogP contribution in [0.4, 0.5) is 5.69 Å². The first-order valence-electron chi connectivity index (χ1n) is 6.32. The Morgan fingerprint density at radius 1 is 1.24 bits per heavy atom. The van der Waals surface area contributed by atoms with E-state index in [1.807, 2.05) is 0 Å². The molecule has 2 rings (SSSR count). The molecule has 0 fully saturated rings. The lowest BCUT2D eigenvalue weighted by molar-refractivity contribution is 0.103. The predicted molar refractivity (Wildman–Crippen MR) is 81.4 cm³/mol. The minimum atomic E-state index is -0.432. The van der Waals surface area contributed by atoms with E-state index >= 15 is 0 Å². The van der Waals surface area contributed by atoms with Crippen molar-refractivity contribution in [3.8, 4) is 5.69 Å². The van der Waals surface area contributed by atoms with Gasteiger partial charge in [0.05, 0.1) is 5.69 Å². The summed E-state index contributed by atoms with van der Waals surface area (Å²) < 4.78 is 1.47. The summed E-state index contributed by atoms with van der Waals surface area (Å²) in [4.78, 5) is 25.5. The third-order valence-electron chi connectivity index (χ3n) is 2.72. The molecule has 0 atom stereocenters. The summed E-state index contributed by atoms with van der Waals surface area (Å²) in [5, 5.41) is 4.09. The second-order valence-electron chi connectivity index (χ2n) is 4.71. The second-order valence-corrected chi connectivity index (χ2v) is 4.71. The molecule has 0 saturated heterocycles. The van der Waals surface area contributed by atoms with Gasteiger partial charge in [0.2, 0.25) is 11.2 Å². The molecule has 108 valence electrons. The molecule has 0 radical (unpaired) electrons. The van der Waals surface area contributed by atoms with E-state index in [1.54, 1.807) is 49.5 Å². The van der Waals surface area contributed by atoms with Crippen molar-refractivity contribution in [1.82, 2.24) is 14.7 Å². The van der Waals surface area contributed by atoms with Crippen LogP contribution in [0.1, 0.15) is 10.5 Å².